The van der Waals surface area contributed by atoms with Crippen molar-refractivity contribution in [1.29, 1.82) is 0 Å². The first kappa shape index (κ1) is 11.5. The molecule has 0 spiro atoms. The Morgan fingerprint density at radius 3 is 3.00 bits per heavy atom. The molecule has 0 radical (unpaired) electrons. The average molecular weight is 199 g/mol. The van der Waals surface area contributed by atoms with Gasteiger partial charge >= 0.3 is 0 Å². The number of likely N-dealkylation sites (tertiary alicyclic amines) is 1. The Balaban J connectivity index is 2.36. The van der Waals surface area contributed by atoms with Crippen molar-refractivity contribution >= 4 is 5.91 Å². The molecular formula is C10H21N3O. The number of hydrogen-bond donors (Lipinski definition) is 2. The topological polar surface area (TPSA) is 58.4 Å². The van der Waals surface area contributed by atoms with Gasteiger partial charge in [-0.2, -0.15) is 0 Å². The van der Waals surface area contributed by atoms with Gasteiger partial charge in [0, 0.05) is 19.6 Å². The first-order valence-electron chi connectivity index (χ1n) is 5.32. The maximum Gasteiger partial charge on any atom is 0.233 e. The molecule has 0 aromatic rings. The zero-order chi connectivity index (χ0) is 10.6. The van der Waals surface area contributed by atoms with E-state index in [2.05, 4.69) is 10.2 Å². The van der Waals surface area contributed by atoms with Crippen LogP contribution in [0.5, 0.6) is 0 Å². The van der Waals surface area contributed by atoms with Crippen molar-refractivity contribution in [3.05, 3.63) is 0 Å². The Kier molecular flexibility index (Phi) is 4.35. The molecule has 2 atom stereocenters. The molecule has 82 valence electrons. The summed E-state index contributed by atoms with van der Waals surface area (Å²) in [5.41, 5.74) is 5.87. The van der Waals surface area contributed by atoms with E-state index in [0.29, 0.717) is 12.5 Å². The molecule has 1 aliphatic heterocycles. The minimum Gasteiger partial charge on any atom is -0.358 e. The number of piperidine rings is 1. The summed E-state index contributed by atoms with van der Waals surface area (Å²) < 4.78 is 0. The summed E-state index contributed by atoms with van der Waals surface area (Å²) in [5, 5.41) is 2.64. The van der Waals surface area contributed by atoms with Gasteiger partial charge in [0.1, 0.15) is 0 Å². The number of amides is 1. The lowest BCUT2D eigenvalue weighted by atomic mass is 9.92. The molecule has 1 rings (SSSR count). The van der Waals surface area contributed by atoms with Crippen LogP contribution in [0.25, 0.3) is 0 Å². The van der Waals surface area contributed by atoms with Crippen molar-refractivity contribution in [2.75, 3.05) is 26.7 Å². The monoisotopic (exact) mass is 199 g/mol. The fourth-order valence-corrected chi connectivity index (χ4v) is 1.95. The fraction of sp³-hybridized carbons (Fsp3) is 0.900. The Hall–Kier alpha value is -0.610. The molecule has 4 heteroatoms. The lowest BCUT2D eigenvalue weighted by Gasteiger charge is -2.33. The predicted octanol–water partition coefficient (Wildman–Crippen LogP) is -0.208. The molecule has 1 saturated heterocycles. The van der Waals surface area contributed by atoms with Crippen molar-refractivity contribution in [3.8, 4) is 0 Å². The second-order valence-corrected chi connectivity index (χ2v) is 4.17. The third-order valence-electron chi connectivity index (χ3n) is 2.93. The summed E-state index contributed by atoms with van der Waals surface area (Å²) >= 11 is 0. The molecule has 4 nitrogen and oxygen atoms in total. The lowest BCUT2D eigenvalue weighted by Crippen LogP contribution is -2.45. The summed E-state index contributed by atoms with van der Waals surface area (Å²) in [4.78, 5) is 13.4. The van der Waals surface area contributed by atoms with Crippen molar-refractivity contribution in [3.63, 3.8) is 0 Å². The van der Waals surface area contributed by atoms with Crippen LogP contribution in [0.1, 0.15) is 19.8 Å². The van der Waals surface area contributed by atoms with Gasteiger partial charge in [-0.3, -0.25) is 9.69 Å². The molecule has 1 heterocycles. The zero-order valence-electron chi connectivity index (χ0n) is 9.12. The minimum absolute atomic E-state index is 0.0929. The Labute approximate surface area is 85.8 Å². The van der Waals surface area contributed by atoms with Crippen LogP contribution in [0.2, 0.25) is 0 Å². The van der Waals surface area contributed by atoms with Crippen LogP contribution >= 0.6 is 0 Å². The van der Waals surface area contributed by atoms with E-state index in [1.54, 1.807) is 7.05 Å². The average Bonchev–Trinajstić information content (AvgIpc) is 2.18. The maximum absolute atomic E-state index is 11.2. The van der Waals surface area contributed by atoms with Gasteiger partial charge in [-0.05, 0) is 32.2 Å². The third-order valence-corrected chi connectivity index (χ3v) is 2.93. The van der Waals surface area contributed by atoms with Gasteiger partial charge in [-0.15, -0.1) is 0 Å². The van der Waals surface area contributed by atoms with Crippen molar-refractivity contribution in [2.45, 2.75) is 25.8 Å². The molecule has 0 bridgehead atoms. The van der Waals surface area contributed by atoms with E-state index in [-0.39, 0.29) is 11.9 Å². The van der Waals surface area contributed by atoms with Gasteiger partial charge in [0.15, 0.2) is 0 Å². The normalized spacial score (nSPS) is 25.8. The standard InChI is InChI=1S/C10H21N3O/c1-8(11)9-4-3-5-13(6-9)7-10(14)12-2/h8-9H,3-7,11H2,1-2H3,(H,12,14). The van der Waals surface area contributed by atoms with Gasteiger partial charge in [-0.1, -0.05) is 0 Å². The van der Waals surface area contributed by atoms with Crippen molar-refractivity contribution in [1.82, 2.24) is 10.2 Å². The molecule has 3 N–H and O–H groups in total. The highest BCUT2D eigenvalue weighted by Gasteiger charge is 2.23. The summed E-state index contributed by atoms with van der Waals surface area (Å²) in [7, 11) is 1.68. The van der Waals surface area contributed by atoms with E-state index in [9.17, 15) is 4.79 Å². The minimum atomic E-state index is 0.0929. The number of nitrogens with two attached hydrogens (primary N) is 1. The quantitative estimate of drug-likeness (QED) is 0.661. The number of carbonyl (C=O) groups excluding carboxylic acids is 1. The fourth-order valence-electron chi connectivity index (χ4n) is 1.95. The Morgan fingerprint density at radius 2 is 2.43 bits per heavy atom. The van der Waals surface area contributed by atoms with Crippen LogP contribution in [0.15, 0.2) is 0 Å². The first-order chi connectivity index (χ1) is 6.63. The Morgan fingerprint density at radius 1 is 1.71 bits per heavy atom. The highest BCUT2D eigenvalue weighted by Crippen LogP contribution is 2.18. The number of carbonyl (C=O) groups is 1. The number of hydrogen-bond acceptors (Lipinski definition) is 3. The lowest BCUT2D eigenvalue weighted by molar-refractivity contribution is -0.122. The molecule has 0 aliphatic carbocycles. The second-order valence-electron chi connectivity index (χ2n) is 4.17. The van der Waals surface area contributed by atoms with Gasteiger partial charge in [-0.25, -0.2) is 0 Å². The number of nitrogens with one attached hydrogen (secondary N) is 1. The molecule has 2 unspecified atom stereocenters. The maximum atomic E-state index is 11.2. The van der Waals surface area contributed by atoms with Crippen LogP contribution in [-0.2, 0) is 4.79 Å². The molecule has 14 heavy (non-hydrogen) atoms. The SMILES string of the molecule is CNC(=O)CN1CCCC(C(C)N)C1. The van der Waals surface area contributed by atoms with E-state index in [0.717, 1.165) is 19.5 Å². The molecule has 1 fully saturated rings. The van der Waals surface area contributed by atoms with Crippen LogP contribution in [0, 0.1) is 5.92 Å². The van der Waals surface area contributed by atoms with Crippen molar-refractivity contribution < 1.29 is 4.79 Å². The summed E-state index contributed by atoms with van der Waals surface area (Å²) in [6, 6.07) is 0.238. The van der Waals surface area contributed by atoms with E-state index in [1.165, 1.54) is 6.42 Å². The van der Waals surface area contributed by atoms with E-state index >= 15 is 0 Å². The molecule has 1 amide bonds. The smallest absolute Gasteiger partial charge is 0.233 e. The second kappa shape index (κ2) is 5.32. The van der Waals surface area contributed by atoms with Crippen LogP contribution in [0.4, 0.5) is 0 Å². The van der Waals surface area contributed by atoms with Crippen LogP contribution in [-0.4, -0.2) is 43.5 Å². The number of nitrogens with zero attached hydrogens (tertiary/aromatic N) is 1. The molecule has 0 aromatic heterocycles. The number of rotatable bonds is 3. The molecular weight excluding hydrogens is 178 g/mol. The zero-order valence-corrected chi connectivity index (χ0v) is 9.12. The van der Waals surface area contributed by atoms with Crippen LogP contribution in [0.3, 0.4) is 0 Å². The summed E-state index contributed by atoms with van der Waals surface area (Å²) in [5.74, 6) is 0.642. The summed E-state index contributed by atoms with van der Waals surface area (Å²) in [6.45, 7) is 4.55. The third kappa shape index (κ3) is 3.27. The van der Waals surface area contributed by atoms with Gasteiger partial charge in [0.25, 0.3) is 0 Å². The van der Waals surface area contributed by atoms with E-state index in [4.69, 9.17) is 5.73 Å². The molecule has 1 aliphatic rings. The van der Waals surface area contributed by atoms with Gasteiger partial charge in [0.05, 0.1) is 6.54 Å². The molecule has 0 saturated carbocycles. The van der Waals surface area contributed by atoms with Gasteiger partial charge < -0.3 is 11.1 Å². The van der Waals surface area contributed by atoms with Gasteiger partial charge in [0.2, 0.25) is 5.91 Å². The highest BCUT2D eigenvalue weighted by atomic mass is 16.1. The number of likely N-dealkylation sites (N-methyl/N-ethyl adjacent to an activating group) is 1. The van der Waals surface area contributed by atoms with E-state index < -0.39 is 0 Å². The van der Waals surface area contributed by atoms with E-state index in [1.807, 2.05) is 6.92 Å². The highest BCUT2D eigenvalue weighted by molar-refractivity contribution is 5.77. The van der Waals surface area contributed by atoms with Crippen molar-refractivity contribution in [2.24, 2.45) is 11.7 Å². The molecule has 0 aromatic carbocycles. The predicted molar refractivity (Wildman–Crippen MR) is 56.9 cm³/mol. The first-order valence-corrected chi connectivity index (χ1v) is 5.32. The largest absolute Gasteiger partial charge is 0.358 e. The van der Waals surface area contributed by atoms with Crippen LogP contribution < -0.4 is 11.1 Å². The summed E-state index contributed by atoms with van der Waals surface area (Å²) in [6.07, 6.45) is 2.35. The Bertz CT molecular complexity index is 194.